The van der Waals surface area contributed by atoms with Crippen molar-refractivity contribution in [3.8, 4) is 0 Å². The van der Waals surface area contributed by atoms with E-state index in [1.54, 1.807) is 0 Å². The van der Waals surface area contributed by atoms with E-state index >= 15 is 0 Å². The summed E-state index contributed by atoms with van der Waals surface area (Å²) in [4.78, 5) is 0. The van der Waals surface area contributed by atoms with Crippen molar-refractivity contribution in [3.63, 3.8) is 0 Å². The first kappa shape index (κ1) is 9.24. The molecule has 0 aliphatic carbocycles. The first-order chi connectivity index (χ1) is 4.52. The highest BCUT2D eigenvalue weighted by molar-refractivity contribution is 5.15. The molecule has 0 aromatic carbocycles. The number of hydrazine groups is 1. The first-order valence-electron chi connectivity index (χ1n) is 3.30. The van der Waals surface area contributed by atoms with Crippen LogP contribution in [-0.2, 0) is 0 Å². The van der Waals surface area contributed by atoms with Gasteiger partial charge in [0.05, 0.1) is 0 Å². The molecule has 0 heterocycles. The van der Waals surface area contributed by atoms with E-state index in [1.165, 1.54) is 5.57 Å². The van der Waals surface area contributed by atoms with Crippen molar-refractivity contribution in [2.24, 2.45) is 0 Å². The largest absolute Gasteiger partial charge is 0.320 e. The van der Waals surface area contributed by atoms with Gasteiger partial charge in [0.1, 0.15) is 0 Å². The highest BCUT2D eigenvalue weighted by Crippen LogP contribution is 1.94. The summed E-state index contributed by atoms with van der Waals surface area (Å²) in [6.45, 7) is 7.89. The zero-order chi connectivity index (χ0) is 8.15. The second-order valence-electron chi connectivity index (χ2n) is 2.75. The van der Waals surface area contributed by atoms with E-state index in [4.69, 9.17) is 0 Å². The monoisotopic (exact) mass is 140 g/mol. The molecular formula is C8H16N2. The third-order valence-electron chi connectivity index (χ3n) is 0.830. The number of nitrogens with zero attached hydrogens (tertiary/aromatic N) is 1. The molecule has 0 radical (unpaired) electrons. The Hall–Kier alpha value is -0.760. The maximum Gasteiger partial charge on any atom is 0.0417 e. The van der Waals surface area contributed by atoms with Crippen LogP contribution in [0.5, 0.6) is 0 Å². The van der Waals surface area contributed by atoms with Crippen LogP contribution in [0.3, 0.4) is 0 Å². The van der Waals surface area contributed by atoms with Crippen molar-refractivity contribution in [1.29, 1.82) is 0 Å². The molecule has 0 atom stereocenters. The molecule has 0 fully saturated rings. The zero-order valence-electron chi connectivity index (χ0n) is 7.23. The lowest BCUT2D eigenvalue weighted by Gasteiger charge is -2.13. The third kappa shape index (κ3) is 5.38. The highest BCUT2D eigenvalue weighted by Gasteiger charge is 1.87. The molecule has 0 saturated carbocycles. The van der Waals surface area contributed by atoms with Crippen LogP contribution < -0.4 is 5.43 Å². The summed E-state index contributed by atoms with van der Waals surface area (Å²) in [6, 6.07) is 0. The highest BCUT2D eigenvalue weighted by atomic mass is 15.5. The normalized spacial score (nSPS) is 9.30. The summed E-state index contributed by atoms with van der Waals surface area (Å²) < 4.78 is 0. The van der Waals surface area contributed by atoms with Gasteiger partial charge >= 0.3 is 0 Å². The maximum atomic E-state index is 3.81. The van der Waals surface area contributed by atoms with Crippen LogP contribution in [0.15, 0.2) is 23.9 Å². The third-order valence-corrected chi connectivity index (χ3v) is 0.830. The molecule has 0 aliphatic rings. The van der Waals surface area contributed by atoms with Crippen molar-refractivity contribution in [3.05, 3.63) is 23.9 Å². The predicted molar refractivity (Wildman–Crippen MR) is 45.4 cm³/mol. The lowest BCUT2D eigenvalue weighted by atomic mass is 10.3. The Labute approximate surface area is 63.2 Å². The molecule has 0 aliphatic heterocycles. The van der Waals surface area contributed by atoms with Crippen LogP contribution in [0, 0.1) is 0 Å². The smallest absolute Gasteiger partial charge is 0.0417 e. The number of allylic oxidation sites excluding steroid dienone is 2. The maximum absolute atomic E-state index is 3.81. The zero-order valence-corrected chi connectivity index (χ0v) is 7.23. The van der Waals surface area contributed by atoms with Crippen LogP contribution in [0.1, 0.15) is 13.8 Å². The van der Waals surface area contributed by atoms with E-state index in [2.05, 4.69) is 12.0 Å². The van der Waals surface area contributed by atoms with E-state index < -0.39 is 0 Å². The fourth-order valence-corrected chi connectivity index (χ4v) is 0.668. The van der Waals surface area contributed by atoms with Gasteiger partial charge in [-0.2, -0.15) is 0 Å². The van der Waals surface area contributed by atoms with Gasteiger partial charge < -0.3 is 5.43 Å². The van der Waals surface area contributed by atoms with Crippen molar-refractivity contribution >= 4 is 0 Å². The molecule has 58 valence electrons. The molecule has 0 saturated heterocycles. The minimum atomic E-state index is 0.921. The van der Waals surface area contributed by atoms with Crippen LogP contribution >= 0.6 is 0 Å². The standard InChI is InChI=1S/C8H16N2/c1-7(2)6-8(3)9-10(4)5/h6,9H,3H2,1-2,4-5H3. The molecule has 0 amide bonds. The van der Waals surface area contributed by atoms with Crippen LogP contribution in [-0.4, -0.2) is 19.1 Å². The van der Waals surface area contributed by atoms with Gasteiger partial charge in [0.15, 0.2) is 0 Å². The molecule has 0 unspecified atom stereocenters. The summed E-state index contributed by atoms with van der Waals surface area (Å²) in [7, 11) is 3.87. The van der Waals surface area contributed by atoms with Gasteiger partial charge in [-0.1, -0.05) is 12.2 Å². The predicted octanol–water partition coefficient (Wildman–Crippen LogP) is 1.53. The molecule has 2 nitrogen and oxygen atoms in total. The molecule has 0 rings (SSSR count). The second-order valence-corrected chi connectivity index (χ2v) is 2.75. The summed E-state index contributed by atoms with van der Waals surface area (Å²) >= 11 is 0. The number of rotatable bonds is 3. The molecule has 1 N–H and O–H groups in total. The van der Waals surface area contributed by atoms with E-state index in [-0.39, 0.29) is 0 Å². The Balaban J connectivity index is 3.76. The average molecular weight is 140 g/mol. The minimum absolute atomic E-state index is 0.921. The van der Waals surface area contributed by atoms with Crippen molar-refractivity contribution < 1.29 is 0 Å². The summed E-state index contributed by atoms with van der Waals surface area (Å²) in [6.07, 6.45) is 2.00. The molecule has 0 spiro atoms. The summed E-state index contributed by atoms with van der Waals surface area (Å²) in [5.41, 5.74) is 5.21. The SMILES string of the molecule is C=C(C=C(C)C)NN(C)C. The number of hydrogen-bond acceptors (Lipinski definition) is 2. The summed E-state index contributed by atoms with van der Waals surface area (Å²) in [5.74, 6) is 0. The fourth-order valence-electron chi connectivity index (χ4n) is 0.668. The molecule has 2 heteroatoms. The first-order valence-corrected chi connectivity index (χ1v) is 3.30. The van der Waals surface area contributed by atoms with Crippen molar-refractivity contribution in [2.45, 2.75) is 13.8 Å². The Bertz CT molecular complexity index is 141. The van der Waals surface area contributed by atoms with Gasteiger partial charge in [-0.3, -0.25) is 0 Å². The fraction of sp³-hybridized carbons (Fsp3) is 0.500. The molecule has 0 aromatic rings. The molecule has 0 aromatic heterocycles. The number of nitrogens with one attached hydrogen (secondary N) is 1. The van der Waals surface area contributed by atoms with Crippen LogP contribution in [0.4, 0.5) is 0 Å². The van der Waals surface area contributed by atoms with Gasteiger partial charge in [-0.25, -0.2) is 5.01 Å². The van der Waals surface area contributed by atoms with Gasteiger partial charge in [0, 0.05) is 19.8 Å². The van der Waals surface area contributed by atoms with Gasteiger partial charge in [0.25, 0.3) is 0 Å². The molecule has 0 bridgehead atoms. The van der Waals surface area contributed by atoms with Crippen LogP contribution in [0.25, 0.3) is 0 Å². The van der Waals surface area contributed by atoms with Crippen molar-refractivity contribution in [1.82, 2.24) is 10.4 Å². The van der Waals surface area contributed by atoms with Crippen molar-refractivity contribution in [2.75, 3.05) is 14.1 Å². The second kappa shape index (κ2) is 4.12. The lowest BCUT2D eigenvalue weighted by molar-refractivity contribution is 0.333. The Morgan fingerprint density at radius 1 is 1.40 bits per heavy atom. The average Bonchev–Trinajstić information content (AvgIpc) is 1.58. The van der Waals surface area contributed by atoms with E-state index in [9.17, 15) is 0 Å². The quantitative estimate of drug-likeness (QED) is 0.472. The van der Waals surface area contributed by atoms with Crippen LogP contribution in [0.2, 0.25) is 0 Å². The Kier molecular flexibility index (Phi) is 3.81. The molecular weight excluding hydrogens is 124 g/mol. The topological polar surface area (TPSA) is 15.3 Å². The minimum Gasteiger partial charge on any atom is -0.320 e. The molecule has 10 heavy (non-hydrogen) atoms. The Morgan fingerprint density at radius 2 is 1.90 bits per heavy atom. The van der Waals surface area contributed by atoms with Gasteiger partial charge in [0.2, 0.25) is 0 Å². The van der Waals surface area contributed by atoms with Gasteiger partial charge in [-0.15, -0.1) is 0 Å². The van der Waals surface area contributed by atoms with E-state index in [0.717, 1.165) is 5.70 Å². The van der Waals surface area contributed by atoms with E-state index in [0.29, 0.717) is 0 Å². The lowest BCUT2D eigenvalue weighted by Crippen LogP contribution is -2.28. The Morgan fingerprint density at radius 3 is 2.20 bits per heavy atom. The number of hydrogen-bond donors (Lipinski definition) is 1. The summed E-state index contributed by atoms with van der Waals surface area (Å²) in [5, 5.41) is 1.86. The van der Waals surface area contributed by atoms with E-state index in [1.807, 2.05) is 39.0 Å². The van der Waals surface area contributed by atoms with Gasteiger partial charge in [-0.05, 0) is 19.9 Å².